The van der Waals surface area contributed by atoms with Crippen molar-refractivity contribution in [2.45, 2.75) is 57.3 Å². The molecule has 2 saturated carbocycles. The molecule has 0 spiro atoms. The summed E-state index contributed by atoms with van der Waals surface area (Å²) in [6, 6.07) is 2.02. The number of aliphatic hydroxyl groups excluding tert-OH is 1. The predicted molar refractivity (Wildman–Crippen MR) is 87.6 cm³/mol. The van der Waals surface area contributed by atoms with Gasteiger partial charge in [0.15, 0.2) is 5.79 Å². The lowest BCUT2D eigenvalue weighted by atomic mass is 9.93. The standard InChI is InChI=1S/C17H20ClN3O3/c1-8(22)17-6-10(17)11(12-13(17)24-16(2,3)23-12)21-5-4-9-14(18)19-7-20-15(9)21/h4-5,7-8,10-13,22H,6H2,1-3H3/t8?,10-,11-,12+,13+,17+/m1/s1. The van der Waals surface area contributed by atoms with Gasteiger partial charge in [-0.2, -0.15) is 0 Å². The van der Waals surface area contributed by atoms with Crippen molar-refractivity contribution in [1.29, 1.82) is 0 Å². The maximum Gasteiger partial charge on any atom is 0.163 e. The minimum Gasteiger partial charge on any atom is -0.393 e. The fourth-order valence-corrected chi connectivity index (χ4v) is 5.21. The van der Waals surface area contributed by atoms with E-state index in [0.717, 1.165) is 17.5 Å². The van der Waals surface area contributed by atoms with E-state index in [1.807, 2.05) is 33.0 Å². The van der Waals surface area contributed by atoms with Gasteiger partial charge in [-0.25, -0.2) is 9.97 Å². The molecule has 1 aliphatic heterocycles. The minimum atomic E-state index is -0.640. The van der Waals surface area contributed by atoms with Gasteiger partial charge in [0.25, 0.3) is 0 Å². The van der Waals surface area contributed by atoms with Gasteiger partial charge >= 0.3 is 0 Å². The van der Waals surface area contributed by atoms with E-state index in [2.05, 4.69) is 14.5 Å². The summed E-state index contributed by atoms with van der Waals surface area (Å²) in [5.41, 5.74) is 0.580. The van der Waals surface area contributed by atoms with Gasteiger partial charge in [-0.05, 0) is 39.2 Å². The van der Waals surface area contributed by atoms with Gasteiger partial charge in [-0.15, -0.1) is 0 Å². The smallest absolute Gasteiger partial charge is 0.163 e. The minimum absolute atomic E-state index is 0.0786. The average Bonchev–Trinajstić information content (AvgIpc) is 2.81. The summed E-state index contributed by atoms with van der Waals surface area (Å²) in [7, 11) is 0. The van der Waals surface area contributed by atoms with Crippen molar-refractivity contribution in [3.63, 3.8) is 0 Å². The van der Waals surface area contributed by atoms with Crippen LogP contribution in [0.25, 0.3) is 11.0 Å². The van der Waals surface area contributed by atoms with Crippen LogP contribution in [0.2, 0.25) is 5.15 Å². The van der Waals surface area contributed by atoms with Crippen LogP contribution in [-0.4, -0.2) is 43.7 Å². The molecule has 24 heavy (non-hydrogen) atoms. The maximum absolute atomic E-state index is 10.5. The van der Waals surface area contributed by atoms with Gasteiger partial charge in [0.1, 0.15) is 23.2 Å². The Hall–Kier alpha value is -1.21. The Bertz CT molecular complexity index is 836. The highest BCUT2D eigenvalue weighted by molar-refractivity contribution is 6.33. The second kappa shape index (κ2) is 4.49. The van der Waals surface area contributed by atoms with E-state index in [9.17, 15) is 5.11 Å². The third kappa shape index (κ3) is 1.72. The second-order valence-electron chi connectivity index (χ2n) is 7.74. The Labute approximate surface area is 144 Å². The second-order valence-corrected chi connectivity index (χ2v) is 8.09. The first-order valence-electron chi connectivity index (χ1n) is 8.36. The van der Waals surface area contributed by atoms with Crippen LogP contribution in [0.5, 0.6) is 0 Å². The van der Waals surface area contributed by atoms with Gasteiger partial charge in [0.2, 0.25) is 0 Å². The Balaban J connectivity index is 1.64. The molecule has 0 bridgehead atoms. The summed E-state index contributed by atoms with van der Waals surface area (Å²) in [4.78, 5) is 8.48. The fourth-order valence-electron chi connectivity index (χ4n) is 5.02. The van der Waals surface area contributed by atoms with E-state index in [4.69, 9.17) is 21.1 Å². The zero-order valence-corrected chi connectivity index (χ0v) is 14.6. The Morgan fingerprint density at radius 3 is 2.92 bits per heavy atom. The first kappa shape index (κ1) is 15.1. The van der Waals surface area contributed by atoms with Crippen LogP contribution in [0, 0.1) is 11.3 Å². The van der Waals surface area contributed by atoms with Crippen LogP contribution < -0.4 is 0 Å². The molecule has 2 aromatic rings. The summed E-state index contributed by atoms with van der Waals surface area (Å²) >= 11 is 6.20. The number of fused-ring (bicyclic) bond motifs is 4. The number of rotatable bonds is 2. The summed E-state index contributed by atoms with van der Waals surface area (Å²) in [5.74, 6) is -0.327. The van der Waals surface area contributed by atoms with E-state index in [0.29, 0.717) is 11.1 Å². The zero-order chi connectivity index (χ0) is 16.9. The van der Waals surface area contributed by atoms with Crippen molar-refractivity contribution in [1.82, 2.24) is 14.5 Å². The van der Waals surface area contributed by atoms with Crippen LogP contribution in [0.1, 0.15) is 33.2 Å². The van der Waals surface area contributed by atoms with E-state index in [1.54, 1.807) is 0 Å². The lowest BCUT2D eigenvalue weighted by Crippen LogP contribution is -2.36. The molecule has 7 heteroatoms. The van der Waals surface area contributed by atoms with Crippen LogP contribution in [0.3, 0.4) is 0 Å². The van der Waals surface area contributed by atoms with Crippen molar-refractivity contribution in [2.24, 2.45) is 11.3 Å². The van der Waals surface area contributed by atoms with Crippen LogP contribution in [-0.2, 0) is 9.47 Å². The van der Waals surface area contributed by atoms with Gasteiger partial charge in [-0.1, -0.05) is 11.6 Å². The predicted octanol–water partition coefficient (Wildman–Crippen LogP) is 2.55. The molecule has 3 aliphatic rings. The summed E-state index contributed by atoms with van der Waals surface area (Å²) in [5, 5.41) is 11.7. The van der Waals surface area contributed by atoms with Gasteiger partial charge in [0, 0.05) is 11.6 Å². The molecule has 0 amide bonds. The molecule has 3 heterocycles. The summed E-state index contributed by atoms with van der Waals surface area (Å²) in [6.45, 7) is 5.73. The van der Waals surface area contributed by atoms with Crippen LogP contribution in [0.15, 0.2) is 18.6 Å². The molecule has 6 atom stereocenters. The number of aromatic nitrogens is 3. The Morgan fingerprint density at radius 1 is 1.38 bits per heavy atom. The topological polar surface area (TPSA) is 69.4 Å². The molecular weight excluding hydrogens is 330 g/mol. The first-order chi connectivity index (χ1) is 11.3. The highest BCUT2D eigenvalue weighted by atomic mass is 35.5. The largest absolute Gasteiger partial charge is 0.393 e. The number of halogens is 1. The summed E-state index contributed by atoms with van der Waals surface area (Å²) in [6.07, 6.45) is 3.79. The monoisotopic (exact) mass is 349 g/mol. The lowest BCUT2D eigenvalue weighted by Gasteiger charge is -2.25. The van der Waals surface area contributed by atoms with Crippen LogP contribution >= 0.6 is 11.6 Å². The third-order valence-electron chi connectivity index (χ3n) is 6.07. The highest BCUT2D eigenvalue weighted by Crippen LogP contribution is 2.73. The Kier molecular flexibility index (Phi) is 2.82. The molecular formula is C17H20ClN3O3. The molecule has 0 radical (unpaired) electrons. The molecule has 6 nitrogen and oxygen atoms in total. The zero-order valence-electron chi connectivity index (χ0n) is 13.8. The normalized spacial score (nSPS) is 40.5. The highest BCUT2D eigenvalue weighted by Gasteiger charge is 2.77. The molecule has 1 N–H and O–H groups in total. The fraction of sp³-hybridized carbons (Fsp3) is 0.647. The van der Waals surface area contributed by atoms with E-state index in [1.165, 1.54) is 6.33 Å². The van der Waals surface area contributed by atoms with Gasteiger partial charge in [-0.3, -0.25) is 0 Å². The number of hydrogen-bond donors (Lipinski definition) is 1. The molecule has 1 saturated heterocycles. The van der Waals surface area contributed by atoms with Gasteiger partial charge < -0.3 is 19.1 Å². The maximum atomic E-state index is 10.5. The van der Waals surface area contributed by atoms with Crippen molar-refractivity contribution in [3.05, 3.63) is 23.7 Å². The number of ether oxygens (including phenoxy) is 2. The van der Waals surface area contributed by atoms with Crippen molar-refractivity contribution >= 4 is 22.6 Å². The SMILES string of the molecule is CC(O)[C@@]12C[C@@H]1[C@@H](n1ccc3c(Cl)ncnc31)[C@@H]1OC(C)(C)O[C@@H]12. The Morgan fingerprint density at radius 2 is 2.17 bits per heavy atom. The van der Waals surface area contributed by atoms with Crippen molar-refractivity contribution in [3.8, 4) is 0 Å². The van der Waals surface area contributed by atoms with Crippen LogP contribution in [0.4, 0.5) is 0 Å². The quantitative estimate of drug-likeness (QED) is 0.844. The number of aliphatic hydroxyl groups is 1. The van der Waals surface area contributed by atoms with Crippen molar-refractivity contribution in [2.75, 3.05) is 0 Å². The molecule has 5 rings (SSSR count). The van der Waals surface area contributed by atoms with E-state index >= 15 is 0 Å². The lowest BCUT2D eigenvalue weighted by molar-refractivity contribution is -0.166. The first-order valence-corrected chi connectivity index (χ1v) is 8.74. The molecule has 128 valence electrons. The molecule has 3 fully saturated rings. The van der Waals surface area contributed by atoms with E-state index < -0.39 is 11.9 Å². The molecule has 0 aromatic carbocycles. The average molecular weight is 350 g/mol. The van der Waals surface area contributed by atoms with Crippen molar-refractivity contribution < 1.29 is 14.6 Å². The number of nitrogens with zero attached hydrogens (tertiary/aromatic N) is 3. The number of hydrogen-bond acceptors (Lipinski definition) is 5. The molecule has 2 aromatic heterocycles. The van der Waals surface area contributed by atoms with E-state index in [-0.39, 0.29) is 23.7 Å². The molecule has 1 unspecified atom stereocenters. The molecule has 2 aliphatic carbocycles. The summed E-state index contributed by atoms with van der Waals surface area (Å²) < 4.78 is 14.6. The third-order valence-corrected chi connectivity index (χ3v) is 6.37. The van der Waals surface area contributed by atoms with Gasteiger partial charge in [0.05, 0.1) is 23.6 Å².